The van der Waals surface area contributed by atoms with Crippen molar-refractivity contribution in [3.8, 4) is 11.3 Å². The van der Waals surface area contributed by atoms with E-state index < -0.39 is 65.6 Å². The highest BCUT2D eigenvalue weighted by Gasteiger charge is 2.52. The van der Waals surface area contributed by atoms with E-state index in [2.05, 4.69) is 19.9 Å². The highest BCUT2D eigenvalue weighted by Crippen LogP contribution is 2.36. The first-order valence-electron chi connectivity index (χ1n) is 15.7. The molecule has 4 aromatic rings. The van der Waals surface area contributed by atoms with E-state index in [1.165, 1.54) is 12.1 Å². The fourth-order valence-electron chi connectivity index (χ4n) is 4.21. The predicted octanol–water partition coefficient (Wildman–Crippen LogP) is 7.93. The third-order valence-corrected chi connectivity index (χ3v) is 7.71. The van der Waals surface area contributed by atoms with Gasteiger partial charge < -0.3 is 18.8 Å². The molecule has 0 amide bonds. The topological polar surface area (TPSA) is 123 Å². The van der Waals surface area contributed by atoms with Gasteiger partial charge in [-0.15, -0.1) is 0 Å². The Morgan fingerprint density at radius 3 is 1.57 bits per heavy atom. The smallest absolute Gasteiger partial charge is 0.462 e. The van der Waals surface area contributed by atoms with E-state index in [1.54, 1.807) is 19.9 Å². The molecule has 20 heteroatoms. The van der Waals surface area contributed by atoms with Crippen LogP contribution >= 0.6 is 11.6 Å². The number of alkyl halides is 6. The van der Waals surface area contributed by atoms with Crippen molar-refractivity contribution in [3.63, 3.8) is 0 Å². The first kappa shape index (κ1) is 43.7. The lowest BCUT2D eigenvalue weighted by Gasteiger charge is -2.32. The van der Waals surface area contributed by atoms with Crippen LogP contribution in [0.2, 0.25) is 5.15 Å². The van der Waals surface area contributed by atoms with Gasteiger partial charge in [0.05, 0.1) is 66.0 Å². The van der Waals surface area contributed by atoms with Gasteiger partial charge >= 0.3 is 31.4 Å². The first-order chi connectivity index (χ1) is 25.0. The third kappa shape index (κ3) is 11.9. The summed E-state index contributed by atoms with van der Waals surface area (Å²) in [5.74, 6) is -2.55. The Kier molecular flexibility index (Phi) is 14.2. The standard InChI is InChI=1S/C15H20BFO4.C14H10F4N2O2.C5H2ClF3N2/c1-6-19-13(18)10-7-11(9-12(17)8-10)16-20-14(2,3)15(4,5)21-16;1-2-22-13(21)9-3-8(4-10(15)5-9)11-6-20-12(7-19-11)14(16,17)18;6-4-2-10-3(1-11-4)5(7,8)9/h7-9H,6H2,1-5H3;3-7H,2H2,1H3;1-2H. The molecular formula is C34H32BClF8N4O6. The third-order valence-electron chi connectivity index (χ3n) is 7.51. The van der Waals surface area contributed by atoms with Crippen LogP contribution in [0, 0.1) is 11.6 Å². The number of halogens is 9. The van der Waals surface area contributed by atoms with Gasteiger partial charge in [0.2, 0.25) is 0 Å². The molecule has 1 aliphatic heterocycles. The normalized spacial score (nSPS) is 14.6. The number of esters is 2. The van der Waals surface area contributed by atoms with Gasteiger partial charge in [-0.3, -0.25) is 4.98 Å². The lowest BCUT2D eigenvalue weighted by molar-refractivity contribution is -0.142. The second-order valence-electron chi connectivity index (χ2n) is 12.0. The molecule has 0 aliphatic carbocycles. The number of hydrogen-bond acceptors (Lipinski definition) is 10. The quantitative estimate of drug-likeness (QED) is 0.108. The van der Waals surface area contributed by atoms with E-state index in [1.807, 2.05) is 27.7 Å². The van der Waals surface area contributed by atoms with Crippen LogP contribution in [-0.4, -0.2) is 63.4 Å². The van der Waals surface area contributed by atoms with Gasteiger partial charge in [-0.25, -0.2) is 33.3 Å². The molecule has 0 atom stereocenters. The number of nitrogens with zero attached hydrogens (tertiary/aromatic N) is 4. The van der Waals surface area contributed by atoms with E-state index in [0.717, 1.165) is 30.6 Å². The summed E-state index contributed by atoms with van der Waals surface area (Å²) in [6.45, 7) is 11.3. The van der Waals surface area contributed by atoms with Crippen molar-refractivity contribution < 1.29 is 63.5 Å². The maximum atomic E-state index is 13.7. The highest BCUT2D eigenvalue weighted by atomic mass is 35.5. The van der Waals surface area contributed by atoms with Crippen LogP contribution in [0.1, 0.15) is 73.6 Å². The Balaban J connectivity index is 0.000000230. The minimum absolute atomic E-state index is 0.0121. The Morgan fingerprint density at radius 1 is 0.685 bits per heavy atom. The second kappa shape index (κ2) is 17.6. The lowest BCUT2D eigenvalue weighted by atomic mass is 9.78. The van der Waals surface area contributed by atoms with Gasteiger partial charge in [0.15, 0.2) is 11.4 Å². The predicted molar refractivity (Wildman–Crippen MR) is 179 cm³/mol. The molecule has 0 bridgehead atoms. The van der Waals surface area contributed by atoms with Crippen LogP contribution in [-0.2, 0) is 31.1 Å². The molecule has 1 saturated heterocycles. The second-order valence-corrected chi connectivity index (χ2v) is 12.4. The number of hydrogen-bond donors (Lipinski definition) is 0. The number of benzene rings is 2. The molecule has 1 aliphatic rings. The highest BCUT2D eigenvalue weighted by molar-refractivity contribution is 6.62. The number of rotatable bonds is 6. The maximum absolute atomic E-state index is 13.7. The summed E-state index contributed by atoms with van der Waals surface area (Å²) < 4.78 is 121. The van der Waals surface area contributed by atoms with E-state index in [4.69, 9.17) is 30.4 Å². The fraction of sp³-hybridized carbons (Fsp3) is 0.353. The summed E-state index contributed by atoms with van der Waals surface area (Å²) in [5.41, 5.74) is -2.53. The molecule has 290 valence electrons. The molecule has 10 nitrogen and oxygen atoms in total. The summed E-state index contributed by atoms with van der Waals surface area (Å²) in [6.07, 6.45) is -6.20. The molecule has 0 N–H and O–H groups in total. The maximum Gasteiger partial charge on any atom is 0.494 e. The zero-order chi connectivity index (χ0) is 40.6. The summed E-state index contributed by atoms with van der Waals surface area (Å²) in [4.78, 5) is 36.4. The Morgan fingerprint density at radius 2 is 1.15 bits per heavy atom. The van der Waals surface area contributed by atoms with Gasteiger partial charge in [-0.2, -0.15) is 26.3 Å². The van der Waals surface area contributed by atoms with Crippen molar-refractivity contribution in [1.29, 1.82) is 0 Å². The average molecular weight is 791 g/mol. The van der Waals surface area contributed by atoms with Crippen molar-refractivity contribution in [3.05, 3.63) is 100 Å². The van der Waals surface area contributed by atoms with Crippen LogP contribution in [0.5, 0.6) is 0 Å². The van der Waals surface area contributed by atoms with Gasteiger partial charge in [0, 0.05) is 5.56 Å². The zero-order valence-corrected chi connectivity index (χ0v) is 30.2. The lowest BCUT2D eigenvalue weighted by Crippen LogP contribution is -2.41. The molecule has 2 aromatic carbocycles. The van der Waals surface area contributed by atoms with Crippen LogP contribution in [0.15, 0.2) is 61.2 Å². The van der Waals surface area contributed by atoms with Crippen molar-refractivity contribution >= 4 is 36.1 Å². The largest absolute Gasteiger partial charge is 0.494 e. The van der Waals surface area contributed by atoms with E-state index in [0.29, 0.717) is 17.9 Å². The minimum Gasteiger partial charge on any atom is -0.462 e. The van der Waals surface area contributed by atoms with Crippen molar-refractivity contribution in [2.75, 3.05) is 13.2 Å². The fourth-order valence-corrected chi connectivity index (χ4v) is 4.31. The van der Waals surface area contributed by atoms with E-state index in [9.17, 15) is 44.7 Å². The molecule has 0 spiro atoms. The number of ether oxygens (including phenoxy) is 2. The van der Waals surface area contributed by atoms with Gasteiger partial charge in [-0.05, 0) is 83.4 Å². The molecule has 0 radical (unpaired) electrons. The first-order valence-corrected chi connectivity index (χ1v) is 16.1. The van der Waals surface area contributed by atoms with Crippen LogP contribution in [0.3, 0.4) is 0 Å². The molecule has 54 heavy (non-hydrogen) atoms. The molecule has 0 unspecified atom stereocenters. The number of carbonyl (C=O) groups is 2. The molecular weight excluding hydrogens is 759 g/mol. The summed E-state index contributed by atoms with van der Waals surface area (Å²) in [6, 6.07) is 7.29. The summed E-state index contributed by atoms with van der Waals surface area (Å²) in [7, 11) is -0.709. The molecule has 2 aromatic heterocycles. The van der Waals surface area contributed by atoms with Crippen molar-refractivity contribution in [1.82, 2.24) is 19.9 Å². The number of carbonyl (C=O) groups excluding carboxylic acids is 2. The molecule has 3 heterocycles. The van der Waals surface area contributed by atoms with Crippen molar-refractivity contribution in [2.24, 2.45) is 0 Å². The molecule has 5 rings (SSSR count). The van der Waals surface area contributed by atoms with E-state index >= 15 is 0 Å². The number of aromatic nitrogens is 4. The monoisotopic (exact) mass is 790 g/mol. The van der Waals surface area contributed by atoms with Crippen LogP contribution in [0.4, 0.5) is 35.1 Å². The zero-order valence-electron chi connectivity index (χ0n) is 29.4. The van der Waals surface area contributed by atoms with Crippen LogP contribution in [0.25, 0.3) is 11.3 Å². The Hall–Kier alpha value is -4.75. The van der Waals surface area contributed by atoms with Crippen molar-refractivity contribution in [2.45, 2.75) is 65.1 Å². The molecule has 1 fully saturated rings. The molecule has 0 saturated carbocycles. The average Bonchev–Trinajstić information content (AvgIpc) is 3.30. The van der Waals surface area contributed by atoms with Crippen LogP contribution < -0.4 is 5.46 Å². The van der Waals surface area contributed by atoms with E-state index in [-0.39, 0.29) is 40.8 Å². The Labute approximate surface area is 309 Å². The van der Waals surface area contributed by atoms with Gasteiger partial charge in [-0.1, -0.05) is 11.6 Å². The summed E-state index contributed by atoms with van der Waals surface area (Å²) >= 11 is 5.22. The SMILES string of the molecule is CCOC(=O)c1cc(F)cc(-c2cnc(C(F)(F)F)cn2)c1.CCOC(=O)c1cc(F)cc(B2OC(C)(C)C(C)(C)O2)c1.FC(F)(F)c1cnc(Cl)cn1. The Bertz CT molecular complexity index is 1900. The summed E-state index contributed by atoms with van der Waals surface area (Å²) in [5, 5.41) is -0.0574. The van der Waals surface area contributed by atoms with Gasteiger partial charge in [0.25, 0.3) is 0 Å². The minimum atomic E-state index is -4.61. The van der Waals surface area contributed by atoms with Gasteiger partial charge in [0.1, 0.15) is 16.8 Å².